The lowest BCUT2D eigenvalue weighted by molar-refractivity contribution is 1.13. The van der Waals surface area contributed by atoms with E-state index in [-0.39, 0.29) is 12.4 Å². The molecule has 2 heteroatoms. The van der Waals surface area contributed by atoms with Crippen LogP contribution in [0.5, 0.6) is 0 Å². The summed E-state index contributed by atoms with van der Waals surface area (Å²) in [5.74, 6) is 0. The number of benzene rings is 2. The number of halogens is 1. The molecule has 0 aromatic heterocycles. The molecule has 0 saturated carbocycles. The fourth-order valence-corrected chi connectivity index (χ4v) is 1.58. The molecule has 0 fully saturated rings. The van der Waals surface area contributed by atoms with Gasteiger partial charge < -0.3 is 4.90 Å². The zero-order valence-corrected chi connectivity index (χ0v) is 10.4. The topological polar surface area (TPSA) is 3.24 Å². The van der Waals surface area contributed by atoms with E-state index in [9.17, 15) is 0 Å². The van der Waals surface area contributed by atoms with E-state index in [0.717, 1.165) is 0 Å². The molecule has 0 unspecified atom stereocenters. The predicted molar refractivity (Wildman–Crippen MR) is 73.5 cm³/mol. The number of hydrogen-bond acceptors (Lipinski definition) is 1. The molecule has 0 aliphatic heterocycles. The summed E-state index contributed by atoms with van der Waals surface area (Å²) in [6.07, 6.45) is 0. The van der Waals surface area contributed by atoms with Crippen molar-refractivity contribution in [1.29, 1.82) is 0 Å². The number of rotatable bonds is 2. The maximum absolute atomic E-state index is 2.16. The van der Waals surface area contributed by atoms with Gasteiger partial charge in [0.15, 0.2) is 0 Å². The van der Waals surface area contributed by atoms with Gasteiger partial charge in [-0.05, 0) is 23.3 Å². The maximum Gasteiger partial charge on any atom is 0.0361 e. The van der Waals surface area contributed by atoms with Crippen molar-refractivity contribution in [3.05, 3.63) is 54.6 Å². The summed E-state index contributed by atoms with van der Waals surface area (Å²) in [6.45, 7) is 0. The Hall–Kier alpha value is -1.47. The van der Waals surface area contributed by atoms with E-state index in [4.69, 9.17) is 0 Å². The summed E-state index contributed by atoms with van der Waals surface area (Å²) in [6, 6.07) is 19.0. The predicted octanol–water partition coefficient (Wildman–Crippen LogP) is 3.84. The zero-order valence-electron chi connectivity index (χ0n) is 9.55. The van der Waals surface area contributed by atoms with Crippen LogP contribution in [0, 0.1) is 0 Å². The fourth-order valence-electron chi connectivity index (χ4n) is 1.58. The van der Waals surface area contributed by atoms with E-state index in [1.807, 2.05) is 6.07 Å². The molecule has 0 N–H and O–H groups in total. The van der Waals surface area contributed by atoms with Crippen molar-refractivity contribution in [2.24, 2.45) is 0 Å². The van der Waals surface area contributed by atoms with Gasteiger partial charge in [0.25, 0.3) is 0 Å². The maximum atomic E-state index is 2.16. The summed E-state index contributed by atoms with van der Waals surface area (Å²) in [7, 11) is 4.11. The first kappa shape index (κ1) is 12.6. The van der Waals surface area contributed by atoms with Crippen LogP contribution in [0.1, 0.15) is 0 Å². The first-order valence-electron chi connectivity index (χ1n) is 5.10. The van der Waals surface area contributed by atoms with Crippen LogP contribution in [0.3, 0.4) is 0 Å². The van der Waals surface area contributed by atoms with E-state index >= 15 is 0 Å². The molecular formula is C14H16ClN. The molecule has 0 saturated heterocycles. The lowest BCUT2D eigenvalue weighted by atomic mass is 10.1. The molecule has 16 heavy (non-hydrogen) atoms. The molecule has 0 heterocycles. The second kappa shape index (κ2) is 5.57. The van der Waals surface area contributed by atoms with Crippen LogP contribution in [-0.4, -0.2) is 14.1 Å². The van der Waals surface area contributed by atoms with Gasteiger partial charge in [-0.15, -0.1) is 12.4 Å². The highest BCUT2D eigenvalue weighted by Crippen LogP contribution is 2.21. The van der Waals surface area contributed by atoms with Crippen molar-refractivity contribution < 1.29 is 0 Å². The normalized spacial score (nSPS) is 9.38. The Morgan fingerprint density at radius 2 is 1.19 bits per heavy atom. The Morgan fingerprint density at radius 1 is 0.688 bits per heavy atom. The molecule has 84 valence electrons. The molecule has 2 aromatic rings. The van der Waals surface area contributed by atoms with Crippen molar-refractivity contribution in [2.75, 3.05) is 19.0 Å². The van der Waals surface area contributed by atoms with Crippen molar-refractivity contribution >= 4 is 18.1 Å². The fraction of sp³-hybridized carbons (Fsp3) is 0.143. The average Bonchev–Trinajstić information content (AvgIpc) is 2.30. The zero-order chi connectivity index (χ0) is 10.7. The lowest BCUT2D eigenvalue weighted by Gasteiger charge is -2.12. The van der Waals surface area contributed by atoms with Gasteiger partial charge in [-0.1, -0.05) is 42.5 Å². The summed E-state index contributed by atoms with van der Waals surface area (Å²) in [5, 5.41) is 0. The summed E-state index contributed by atoms with van der Waals surface area (Å²) < 4.78 is 0. The average molecular weight is 234 g/mol. The second-order valence-electron chi connectivity index (χ2n) is 3.81. The van der Waals surface area contributed by atoms with Crippen molar-refractivity contribution in [1.82, 2.24) is 0 Å². The first-order chi connectivity index (χ1) is 7.27. The van der Waals surface area contributed by atoms with Gasteiger partial charge in [-0.2, -0.15) is 0 Å². The third-order valence-electron chi connectivity index (χ3n) is 2.49. The highest BCUT2D eigenvalue weighted by molar-refractivity contribution is 5.85. The van der Waals surface area contributed by atoms with Gasteiger partial charge in [-0.25, -0.2) is 0 Å². The molecule has 0 aliphatic carbocycles. The molecule has 0 radical (unpaired) electrons. The van der Waals surface area contributed by atoms with Crippen molar-refractivity contribution in [2.45, 2.75) is 0 Å². The summed E-state index contributed by atoms with van der Waals surface area (Å²) in [5.41, 5.74) is 3.76. The van der Waals surface area contributed by atoms with Gasteiger partial charge in [0.2, 0.25) is 0 Å². The van der Waals surface area contributed by atoms with Crippen LogP contribution in [0.15, 0.2) is 54.6 Å². The Morgan fingerprint density at radius 3 is 1.69 bits per heavy atom. The minimum atomic E-state index is 0. The molecule has 0 amide bonds. The number of nitrogens with zero attached hydrogens (tertiary/aromatic N) is 1. The third-order valence-corrected chi connectivity index (χ3v) is 2.49. The Bertz CT molecular complexity index is 420. The SMILES string of the molecule is CN(C)c1ccc(-c2ccccc2)cc1.Cl. The van der Waals surface area contributed by atoms with Gasteiger partial charge in [0.05, 0.1) is 0 Å². The minimum Gasteiger partial charge on any atom is -0.378 e. The van der Waals surface area contributed by atoms with E-state index < -0.39 is 0 Å². The van der Waals surface area contributed by atoms with Crippen LogP contribution in [0.2, 0.25) is 0 Å². The highest BCUT2D eigenvalue weighted by atomic mass is 35.5. The van der Waals surface area contributed by atoms with E-state index in [1.54, 1.807) is 0 Å². The summed E-state index contributed by atoms with van der Waals surface area (Å²) in [4.78, 5) is 2.11. The quantitative estimate of drug-likeness (QED) is 0.762. The standard InChI is InChI=1S/C14H15N.ClH/c1-15(2)14-10-8-13(9-11-14)12-6-4-3-5-7-12;/h3-11H,1-2H3;1H. The smallest absolute Gasteiger partial charge is 0.0361 e. The summed E-state index contributed by atoms with van der Waals surface area (Å²) >= 11 is 0. The van der Waals surface area contributed by atoms with Crippen LogP contribution in [-0.2, 0) is 0 Å². The van der Waals surface area contributed by atoms with Crippen LogP contribution in [0.25, 0.3) is 11.1 Å². The minimum absolute atomic E-state index is 0. The van der Waals surface area contributed by atoms with Crippen LogP contribution < -0.4 is 4.90 Å². The van der Waals surface area contributed by atoms with E-state index in [1.165, 1.54) is 16.8 Å². The molecule has 0 aliphatic rings. The Kier molecular flexibility index (Phi) is 4.39. The molecule has 0 spiro atoms. The van der Waals surface area contributed by atoms with Gasteiger partial charge in [-0.3, -0.25) is 0 Å². The molecular weight excluding hydrogens is 218 g/mol. The Labute approximate surface area is 103 Å². The van der Waals surface area contributed by atoms with Gasteiger partial charge >= 0.3 is 0 Å². The van der Waals surface area contributed by atoms with Crippen molar-refractivity contribution in [3.8, 4) is 11.1 Å². The molecule has 2 rings (SSSR count). The van der Waals surface area contributed by atoms with E-state index in [0.29, 0.717) is 0 Å². The third kappa shape index (κ3) is 2.77. The number of hydrogen-bond donors (Lipinski definition) is 0. The monoisotopic (exact) mass is 233 g/mol. The van der Waals surface area contributed by atoms with E-state index in [2.05, 4.69) is 67.5 Å². The van der Waals surface area contributed by atoms with Crippen LogP contribution in [0.4, 0.5) is 5.69 Å². The highest BCUT2D eigenvalue weighted by Gasteiger charge is 1.97. The Balaban J connectivity index is 0.00000128. The molecule has 2 aromatic carbocycles. The van der Waals surface area contributed by atoms with Crippen molar-refractivity contribution in [3.63, 3.8) is 0 Å². The molecule has 0 atom stereocenters. The lowest BCUT2D eigenvalue weighted by Crippen LogP contribution is -2.07. The van der Waals surface area contributed by atoms with Gasteiger partial charge in [0.1, 0.15) is 0 Å². The van der Waals surface area contributed by atoms with Crippen LogP contribution >= 0.6 is 12.4 Å². The van der Waals surface area contributed by atoms with Gasteiger partial charge in [0, 0.05) is 19.8 Å². The number of anilines is 1. The molecule has 1 nitrogen and oxygen atoms in total. The molecule has 0 bridgehead atoms. The first-order valence-corrected chi connectivity index (χ1v) is 5.10. The second-order valence-corrected chi connectivity index (χ2v) is 3.81. The largest absolute Gasteiger partial charge is 0.378 e.